The number of aliphatic hydroxyl groups excluding tert-OH is 3. The molecule has 0 saturated heterocycles. The van der Waals surface area contributed by atoms with Crippen molar-refractivity contribution < 1.29 is 20.4 Å². The van der Waals surface area contributed by atoms with Gasteiger partial charge in [0.05, 0.1) is 6.10 Å². The number of hydrogen-bond donors (Lipinski definition) is 4. The van der Waals surface area contributed by atoms with Crippen LogP contribution in [0.2, 0.25) is 0 Å². The van der Waals surface area contributed by atoms with Crippen molar-refractivity contribution in [3.05, 3.63) is 28.2 Å². The van der Waals surface area contributed by atoms with Crippen LogP contribution in [0.3, 0.4) is 0 Å². The molecule has 1 aromatic carbocycles. The van der Waals surface area contributed by atoms with Crippen LogP contribution in [-0.2, 0) is 0 Å². The summed E-state index contributed by atoms with van der Waals surface area (Å²) in [5, 5.41) is 37.2. The molecule has 1 aromatic rings. The van der Waals surface area contributed by atoms with E-state index in [2.05, 4.69) is 15.9 Å². The third-order valence-corrected chi connectivity index (χ3v) is 2.59. The van der Waals surface area contributed by atoms with Crippen LogP contribution in [0.4, 0.5) is 0 Å². The number of aromatic hydroxyl groups is 1. The number of benzene rings is 1. The molecule has 0 aliphatic carbocycles. The highest BCUT2D eigenvalue weighted by Crippen LogP contribution is 2.30. The average molecular weight is 277 g/mol. The van der Waals surface area contributed by atoms with Crippen molar-refractivity contribution in [2.75, 3.05) is 6.61 Å². The summed E-state index contributed by atoms with van der Waals surface area (Å²) < 4.78 is 0.700. The first kappa shape index (κ1) is 12.4. The third kappa shape index (κ3) is 3.17. The quantitative estimate of drug-likeness (QED) is 0.660. The molecule has 84 valence electrons. The van der Waals surface area contributed by atoms with Gasteiger partial charge in [-0.1, -0.05) is 15.9 Å². The highest BCUT2D eigenvalue weighted by molar-refractivity contribution is 9.10. The van der Waals surface area contributed by atoms with Gasteiger partial charge in [-0.15, -0.1) is 0 Å². The van der Waals surface area contributed by atoms with Crippen molar-refractivity contribution in [1.29, 1.82) is 0 Å². The minimum atomic E-state index is -1.20. The summed E-state index contributed by atoms with van der Waals surface area (Å²) in [5.74, 6) is -0.0808. The SMILES string of the molecule is OCCC(O)C(O)c1cc(Br)ccc1O. The van der Waals surface area contributed by atoms with E-state index in [-0.39, 0.29) is 24.3 Å². The van der Waals surface area contributed by atoms with Gasteiger partial charge in [-0.3, -0.25) is 0 Å². The fourth-order valence-corrected chi connectivity index (χ4v) is 1.64. The maximum absolute atomic E-state index is 9.68. The lowest BCUT2D eigenvalue weighted by Crippen LogP contribution is -2.19. The highest BCUT2D eigenvalue weighted by atomic mass is 79.9. The predicted octanol–water partition coefficient (Wildman–Crippen LogP) is 0.931. The van der Waals surface area contributed by atoms with E-state index in [1.807, 2.05) is 0 Å². The van der Waals surface area contributed by atoms with Crippen LogP contribution in [-0.4, -0.2) is 33.1 Å². The van der Waals surface area contributed by atoms with Crippen molar-refractivity contribution in [2.45, 2.75) is 18.6 Å². The number of phenols is 1. The van der Waals surface area contributed by atoms with E-state index in [0.717, 1.165) is 0 Å². The number of halogens is 1. The molecule has 0 amide bonds. The molecule has 0 aliphatic heterocycles. The van der Waals surface area contributed by atoms with Gasteiger partial charge in [0.1, 0.15) is 11.9 Å². The Balaban J connectivity index is 2.89. The van der Waals surface area contributed by atoms with Crippen molar-refractivity contribution in [1.82, 2.24) is 0 Å². The van der Waals surface area contributed by atoms with Crippen LogP contribution in [0.25, 0.3) is 0 Å². The molecule has 15 heavy (non-hydrogen) atoms. The summed E-state index contributed by atoms with van der Waals surface area (Å²) in [6, 6.07) is 4.58. The Morgan fingerprint density at radius 1 is 1.27 bits per heavy atom. The Morgan fingerprint density at radius 2 is 1.93 bits per heavy atom. The zero-order valence-corrected chi connectivity index (χ0v) is 9.55. The van der Waals surface area contributed by atoms with E-state index >= 15 is 0 Å². The molecule has 2 atom stereocenters. The van der Waals surface area contributed by atoms with E-state index in [4.69, 9.17) is 5.11 Å². The minimum Gasteiger partial charge on any atom is -0.508 e. The highest BCUT2D eigenvalue weighted by Gasteiger charge is 2.20. The first-order chi connectivity index (χ1) is 7.06. The normalized spacial score (nSPS) is 14.9. The summed E-state index contributed by atoms with van der Waals surface area (Å²) in [5.41, 5.74) is 0.241. The summed E-state index contributed by atoms with van der Waals surface area (Å²) in [6.45, 7) is -0.215. The Morgan fingerprint density at radius 3 is 2.53 bits per heavy atom. The maximum atomic E-state index is 9.68. The molecule has 0 saturated carbocycles. The Hall–Kier alpha value is -0.620. The molecule has 5 heteroatoms. The molecule has 2 unspecified atom stereocenters. The van der Waals surface area contributed by atoms with Crippen LogP contribution >= 0.6 is 15.9 Å². The molecule has 1 rings (SSSR count). The summed E-state index contributed by atoms with van der Waals surface area (Å²) in [4.78, 5) is 0. The zero-order chi connectivity index (χ0) is 11.4. The molecular weight excluding hydrogens is 264 g/mol. The van der Waals surface area contributed by atoms with E-state index in [1.54, 1.807) is 6.07 Å². The van der Waals surface area contributed by atoms with E-state index in [1.165, 1.54) is 12.1 Å². The Kier molecular flexibility index (Phi) is 4.53. The molecule has 0 bridgehead atoms. The Labute approximate surface area is 95.9 Å². The van der Waals surface area contributed by atoms with Crippen LogP contribution in [0.5, 0.6) is 5.75 Å². The van der Waals surface area contributed by atoms with Crippen LogP contribution in [0.15, 0.2) is 22.7 Å². The fourth-order valence-electron chi connectivity index (χ4n) is 1.26. The lowest BCUT2D eigenvalue weighted by Gasteiger charge is -2.18. The molecule has 4 N–H and O–H groups in total. The van der Waals surface area contributed by atoms with Gasteiger partial charge in [-0.05, 0) is 24.6 Å². The second-order valence-electron chi connectivity index (χ2n) is 3.23. The van der Waals surface area contributed by atoms with Crippen molar-refractivity contribution in [3.63, 3.8) is 0 Å². The molecule has 0 aromatic heterocycles. The summed E-state index contributed by atoms with van der Waals surface area (Å²) in [7, 11) is 0. The van der Waals surface area contributed by atoms with Gasteiger partial charge < -0.3 is 20.4 Å². The molecule has 0 spiro atoms. The van der Waals surface area contributed by atoms with Gasteiger partial charge in [0, 0.05) is 16.6 Å². The average Bonchev–Trinajstić information content (AvgIpc) is 2.21. The first-order valence-corrected chi connectivity index (χ1v) is 5.31. The lowest BCUT2D eigenvalue weighted by atomic mass is 10.0. The first-order valence-electron chi connectivity index (χ1n) is 4.51. The van der Waals surface area contributed by atoms with E-state index in [0.29, 0.717) is 4.47 Å². The summed E-state index contributed by atoms with van der Waals surface area (Å²) >= 11 is 3.20. The largest absolute Gasteiger partial charge is 0.508 e. The van der Waals surface area contributed by atoms with Gasteiger partial charge >= 0.3 is 0 Å². The van der Waals surface area contributed by atoms with Crippen molar-refractivity contribution >= 4 is 15.9 Å². The van der Waals surface area contributed by atoms with Crippen LogP contribution in [0, 0.1) is 0 Å². The van der Waals surface area contributed by atoms with Gasteiger partial charge in [-0.2, -0.15) is 0 Å². The van der Waals surface area contributed by atoms with E-state index in [9.17, 15) is 15.3 Å². The summed E-state index contributed by atoms with van der Waals surface area (Å²) in [6.07, 6.45) is -2.22. The molecule has 0 aliphatic rings. The zero-order valence-electron chi connectivity index (χ0n) is 7.97. The predicted molar refractivity (Wildman–Crippen MR) is 58.5 cm³/mol. The van der Waals surface area contributed by atoms with Gasteiger partial charge in [0.25, 0.3) is 0 Å². The molecule has 0 heterocycles. The fraction of sp³-hybridized carbons (Fsp3) is 0.400. The van der Waals surface area contributed by atoms with Crippen molar-refractivity contribution in [3.8, 4) is 5.75 Å². The monoisotopic (exact) mass is 276 g/mol. The molecule has 0 radical (unpaired) electrons. The van der Waals surface area contributed by atoms with Gasteiger partial charge in [0.15, 0.2) is 0 Å². The molecule has 0 fully saturated rings. The number of phenolic OH excluding ortho intramolecular Hbond substituents is 1. The maximum Gasteiger partial charge on any atom is 0.121 e. The van der Waals surface area contributed by atoms with Crippen LogP contribution < -0.4 is 0 Å². The topological polar surface area (TPSA) is 80.9 Å². The third-order valence-electron chi connectivity index (χ3n) is 2.10. The van der Waals surface area contributed by atoms with Crippen LogP contribution in [0.1, 0.15) is 18.1 Å². The van der Waals surface area contributed by atoms with Crippen molar-refractivity contribution in [2.24, 2.45) is 0 Å². The number of hydrogen-bond acceptors (Lipinski definition) is 4. The lowest BCUT2D eigenvalue weighted by molar-refractivity contribution is 0.00302. The number of rotatable bonds is 4. The van der Waals surface area contributed by atoms with Gasteiger partial charge in [0.2, 0.25) is 0 Å². The van der Waals surface area contributed by atoms with E-state index < -0.39 is 12.2 Å². The molecular formula is C10H13BrO4. The second kappa shape index (κ2) is 5.46. The van der Waals surface area contributed by atoms with Gasteiger partial charge in [-0.25, -0.2) is 0 Å². The smallest absolute Gasteiger partial charge is 0.121 e. The Bertz CT molecular complexity index is 329. The standard InChI is InChI=1S/C10H13BrO4/c11-6-1-2-8(13)7(5-6)10(15)9(14)3-4-12/h1-2,5,9-10,12-15H,3-4H2. The minimum absolute atomic E-state index is 0.0626. The second-order valence-corrected chi connectivity index (χ2v) is 4.14. The molecule has 4 nitrogen and oxygen atoms in total. The number of aliphatic hydroxyl groups is 3.